The Morgan fingerprint density at radius 2 is 1.92 bits per heavy atom. The summed E-state index contributed by atoms with van der Waals surface area (Å²) in [4.78, 5) is 16.3. The zero-order valence-corrected chi connectivity index (χ0v) is 13.6. The number of anilines is 1. The molecule has 0 aliphatic carbocycles. The SMILES string of the molecule is C=CCOc1cccc(OCC(=O)Nc2ccc3ncccc3c2)c1. The molecule has 0 fully saturated rings. The van der Waals surface area contributed by atoms with Gasteiger partial charge in [0.1, 0.15) is 18.1 Å². The molecule has 5 nitrogen and oxygen atoms in total. The van der Waals surface area contributed by atoms with Crippen molar-refractivity contribution in [2.45, 2.75) is 0 Å². The lowest BCUT2D eigenvalue weighted by atomic mass is 10.2. The molecule has 0 unspecified atom stereocenters. The number of nitrogens with one attached hydrogen (secondary N) is 1. The first-order valence-corrected chi connectivity index (χ1v) is 7.86. The highest BCUT2D eigenvalue weighted by atomic mass is 16.5. The van der Waals surface area contributed by atoms with Gasteiger partial charge in [0.05, 0.1) is 5.52 Å². The average molecular weight is 334 g/mol. The molecule has 1 amide bonds. The van der Waals surface area contributed by atoms with Gasteiger partial charge in [0.25, 0.3) is 5.91 Å². The second kappa shape index (κ2) is 7.97. The quantitative estimate of drug-likeness (QED) is 0.667. The third kappa shape index (κ3) is 4.57. The van der Waals surface area contributed by atoms with Crippen LogP contribution >= 0.6 is 0 Å². The molecule has 0 aliphatic heterocycles. The Balaban J connectivity index is 1.57. The molecule has 0 saturated carbocycles. The number of aromatic nitrogens is 1. The molecule has 0 spiro atoms. The van der Waals surface area contributed by atoms with Crippen LogP contribution in [0.3, 0.4) is 0 Å². The molecule has 0 aliphatic rings. The number of carbonyl (C=O) groups is 1. The van der Waals surface area contributed by atoms with Crippen LogP contribution in [0.15, 0.2) is 73.4 Å². The summed E-state index contributed by atoms with van der Waals surface area (Å²) < 4.78 is 11.0. The van der Waals surface area contributed by atoms with Crippen LogP contribution in [-0.4, -0.2) is 24.1 Å². The molecule has 0 atom stereocenters. The second-order valence-electron chi connectivity index (χ2n) is 5.32. The van der Waals surface area contributed by atoms with E-state index in [-0.39, 0.29) is 12.5 Å². The fourth-order valence-electron chi connectivity index (χ4n) is 2.31. The number of pyridine rings is 1. The van der Waals surface area contributed by atoms with E-state index in [2.05, 4.69) is 16.9 Å². The van der Waals surface area contributed by atoms with E-state index in [0.29, 0.717) is 23.8 Å². The molecule has 3 rings (SSSR count). The minimum absolute atomic E-state index is 0.0873. The van der Waals surface area contributed by atoms with Gasteiger partial charge >= 0.3 is 0 Å². The number of nitrogens with zero attached hydrogens (tertiary/aromatic N) is 1. The number of fused-ring (bicyclic) bond motifs is 1. The van der Waals surface area contributed by atoms with Crippen LogP contribution in [0.25, 0.3) is 10.9 Å². The lowest BCUT2D eigenvalue weighted by Gasteiger charge is -2.09. The molecule has 0 radical (unpaired) electrons. The molecule has 0 saturated heterocycles. The summed E-state index contributed by atoms with van der Waals surface area (Å²) in [6, 6.07) is 16.5. The van der Waals surface area contributed by atoms with E-state index in [9.17, 15) is 4.79 Å². The smallest absolute Gasteiger partial charge is 0.262 e. The fraction of sp³-hybridized carbons (Fsp3) is 0.100. The molecule has 3 aromatic rings. The number of hydrogen-bond acceptors (Lipinski definition) is 4. The van der Waals surface area contributed by atoms with E-state index in [0.717, 1.165) is 10.9 Å². The molecular formula is C20H18N2O3. The lowest BCUT2D eigenvalue weighted by Crippen LogP contribution is -2.20. The van der Waals surface area contributed by atoms with Crippen molar-refractivity contribution < 1.29 is 14.3 Å². The highest BCUT2D eigenvalue weighted by molar-refractivity contribution is 5.94. The summed E-state index contributed by atoms with van der Waals surface area (Å²) in [5.74, 6) is 1.000. The molecule has 25 heavy (non-hydrogen) atoms. The van der Waals surface area contributed by atoms with E-state index in [4.69, 9.17) is 9.47 Å². The van der Waals surface area contributed by atoms with Crippen LogP contribution in [0.2, 0.25) is 0 Å². The first kappa shape index (κ1) is 16.5. The molecule has 1 heterocycles. The van der Waals surface area contributed by atoms with E-state index < -0.39 is 0 Å². The Morgan fingerprint density at radius 3 is 2.76 bits per heavy atom. The average Bonchev–Trinajstić information content (AvgIpc) is 2.65. The minimum atomic E-state index is -0.236. The third-order valence-corrected chi connectivity index (χ3v) is 3.43. The largest absolute Gasteiger partial charge is 0.489 e. The van der Waals surface area contributed by atoms with Gasteiger partial charge in [-0.3, -0.25) is 9.78 Å². The van der Waals surface area contributed by atoms with Crippen molar-refractivity contribution in [2.24, 2.45) is 0 Å². The van der Waals surface area contributed by atoms with Crippen LogP contribution in [0.5, 0.6) is 11.5 Å². The fourth-order valence-corrected chi connectivity index (χ4v) is 2.31. The molecule has 1 aromatic heterocycles. The normalized spacial score (nSPS) is 10.2. The van der Waals surface area contributed by atoms with Crippen LogP contribution < -0.4 is 14.8 Å². The summed E-state index contributed by atoms with van der Waals surface area (Å²) in [6.07, 6.45) is 3.40. The van der Waals surface area contributed by atoms with Crippen molar-refractivity contribution in [3.63, 3.8) is 0 Å². The third-order valence-electron chi connectivity index (χ3n) is 3.43. The standard InChI is InChI=1S/C20H18N2O3/c1-2-11-24-17-6-3-7-18(13-17)25-14-20(23)22-16-8-9-19-15(12-16)5-4-10-21-19/h2-10,12-13H,1,11,14H2,(H,22,23). The number of amides is 1. The zero-order chi connectivity index (χ0) is 17.5. The van der Waals surface area contributed by atoms with E-state index in [1.807, 2.05) is 42.5 Å². The number of ether oxygens (including phenoxy) is 2. The van der Waals surface area contributed by atoms with Crippen molar-refractivity contribution >= 4 is 22.5 Å². The van der Waals surface area contributed by atoms with Gasteiger partial charge in [0.2, 0.25) is 0 Å². The summed E-state index contributed by atoms with van der Waals surface area (Å²) in [5.41, 5.74) is 1.59. The lowest BCUT2D eigenvalue weighted by molar-refractivity contribution is -0.118. The monoisotopic (exact) mass is 334 g/mol. The van der Waals surface area contributed by atoms with Gasteiger partial charge in [0.15, 0.2) is 6.61 Å². The number of carbonyl (C=O) groups excluding carboxylic acids is 1. The maximum atomic E-state index is 12.1. The maximum Gasteiger partial charge on any atom is 0.262 e. The van der Waals surface area contributed by atoms with Gasteiger partial charge in [-0.05, 0) is 36.4 Å². The summed E-state index contributed by atoms with van der Waals surface area (Å²) in [6.45, 7) is 3.93. The van der Waals surface area contributed by atoms with Crippen molar-refractivity contribution in [3.05, 3.63) is 73.4 Å². The van der Waals surface area contributed by atoms with Gasteiger partial charge < -0.3 is 14.8 Å². The molecule has 0 bridgehead atoms. The molecular weight excluding hydrogens is 316 g/mol. The Morgan fingerprint density at radius 1 is 1.08 bits per heavy atom. The van der Waals surface area contributed by atoms with Gasteiger partial charge in [-0.2, -0.15) is 0 Å². The van der Waals surface area contributed by atoms with Crippen LogP contribution in [0, 0.1) is 0 Å². The van der Waals surface area contributed by atoms with Gasteiger partial charge in [-0.15, -0.1) is 0 Å². The zero-order valence-electron chi connectivity index (χ0n) is 13.6. The minimum Gasteiger partial charge on any atom is -0.489 e. The number of hydrogen-bond donors (Lipinski definition) is 1. The topological polar surface area (TPSA) is 60.5 Å². The van der Waals surface area contributed by atoms with Crippen molar-refractivity contribution in [3.8, 4) is 11.5 Å². The van der Waals surface area contributed by atoms with Crippen LogP contribution in [0.1, 0.15) is 0 Å². The van der Waals surface area contributed by atoms with Crippen molar-refractivity contribution in [1.29, 1.82) is 0 Å². The van der Waals surface area contributed by atoms with Gasteiger partial charge in [-0.1, -0.05) is 24.8 Å². The molecule has 2 aromatic carbocycles. The number of rotatable bonds is 7. The first-order valence-electron chi connectivity index (χ1n) is 7.86. The number of benzene rings is 2. The predicted molar refractivity (Wildman–Crippen MR) is 98.0 cm³/mol. The highest BCUT2D eigenvalue weighted by Gasteiger charge is 2.05. The summed E-state index contributed by atoms with van der Waals surface area (Å²) in [5, 5.41) is 3.78. The van der Waals surface area contributed by atoms with Crippen molar-refractivity contribution in [2.75, 3.05) is 18.5 Å². The summed E-state index contributed by atoms with van der Waals surface area (Å²) in [7, 11) is 0. The van der Waals surface area contributed by atoms with E-state index in [1.54, 1.807) is 24.4 Å². The first-order chi connectivity index (χ1) is 12.2. The highest BCUT2D eigenvalue weighted by Crippen LogP contribution is 2.20. The molecule has 1 N–H and O–H groups in total. The van der Waals surface area contributed by atoms with E-state index >= 15 is 0 Å². The maximum absolute atomic E-state index is 12.1. The van der Waals surface area contributed by atoms with E-state index in [1.165, 1.54) is 0 Å². The van der Waals surface area contributed by atoms with Gasteiger partial charge in [-0.25, -0.2) is 0 Å². The van der Waals surface area contributed by atoms with Crippen LogP contribution in [0.4, 0.5) is 5.69 Å². The Hall–Kier alpha value is -3.34. The Kier molecular flexibility index (Phi) is 5.26. The second-order valence-corrected chi connectivity index (χ2v) is 5.32. The molecule has 126 valence electrons. The van der Waals surface area contributed by atoms with Crippen molar-refractivity contribution in [1.82, 2.24) is 4.98 Å². The van der Waals surface area contributed by atoms with Gasteiger partial charge in [0, 0.05) is 23.3 Å². The summed E-state index contributed by atoms with van der Waals surface area (Å²) >= 11 is 0. The predicted octanol–water partition coefficient (Wildman–Crippen LogP) is 3.82. The Labute approximate surface area is 145 Å². The molecule has 5 heteroatoms. The Bertz CT molecular complexity index is 893. The van der Waals surface area contributed by atoms with Crippen LogP contribution in [-0.2, 0) is 4.79 Å².